The van der Waals surface area contributed by atoms with Crippen LogP contribution in [0.4, 0.5) is 8.78 Å². The van der Waals surface area contributed by atoms with Crippen molar-refractivity contribution >= 4 is 17.5 Å². The van der Waals surface area contributed by atoms with Gasteiger partial charge >= 0.3 is 0 Å². The van der Waals surface area contributed by atoms with Crippen molar-refractivity contribution in [2.45, 2.75) is 26.3 Å². The topological polar surface area (TPSA) is 29.1 Å². The van der Waals surface area contributed by atoms with Gasteiger partial charge in [0.25, 0.3) is 5.91 Å². The Balaban J connectivity index is 2.77. The number of rotatable bonds is 5. The van der Waals surface area contributed by atoms with Crippen LogP contribution in [0, 0.1) is 17.6 Å². The van der Waals surface area contributed by atoms with E-state index < -0.39 is 17.5 Å². The molecule has 0 bridgehead atoms. The normalized spacial score (nSPS) is 12.6. The van der Waals surface area contributed by atoms with Crippen LogP contribution in [-0.4, -0.2) is 17.8 Å². The molecule has 0 heterocycles. The highest BCUT2D eigenvalue weighted by Gasteiger charge is 2.17. The first-order valence-corrected chi connectivity index (χ1v) is 6.31. The summed E-state index contributed by atoms with van der Waals surface area (Å²) < 4.78 is 25.8. The minimum Gasteiger partial charge on any atom is -0.349 e. The summed E-state index contributed by atoms with van der Waals surface area (Å²) in [4.78, 5) is 11.9. The molecule has 1 N–H and O–H groups in total. The minimum absolute atomic E-state index is 0.0804. The van der Waals surface area contributed by atoms with Crippen molar-refractivity contribution < 1.29 is 13.6 Å². The van der Waals surface area contributed by atoms with Gasteiger partial charge in [-0.25, -0.2) is 8.78 Å². The van der Waals surface area contributed by atoms with E-state index in [-0.39, 0.29) is 17.5 Å². The number of carbonyl (C=O) groups excluding carboxylic acids is 1. The summed E-state index contributed by atoms with van der Waals surface area (Å²) in [6.07, 6.45) is 0.634. The Kier molecular flexibility index (Phi) is 5.54. The second-order valence-electron chi connectivity index (χ2n) is 4.43. The number of benzene rings is 1. The number of amides is 1. The molecule has 1 aromatic rings. The lowest BCUT2D eigenvalue weighted by Crippen LogP contribution is -2.38. The van der Waals surface area contributed by atoms with Crippen LogP contribution in [-0.2, 0) is 0 Å². The number of hydrogen-bond donors (Lipinski definition) is 1. The predicted molar refractivity (Wildman–Crippen MR) is 67.8 cm³/mol. The van der Waals surface area contributed by atoms with Crippen molar-refractivity contribution in [1.29, 1.82) is 0 Å². The van der Waals surface area contributed by atoms with Gasteiger partial charge in [0.2, 0.25) is 0 Å². The van der Waals surface area contributed by atoms with E-state index in [9.17, 15) is 13.6 Å². The highest BCUT2D eigenvalue weighted by atomic mass is 35.5. The van der Waals surface area contributed by atoms with Gasteiger partial charge in [0.05, 0.1) is 0 Å². The molecule has 0 fully saturated rings. The van der Waals surface area contributed by atoms with E-state index in [0.717, 1.165) is 12.1 Å². The highest BCUT2D eigenvalue weighted by molar-refractivity contribution is 6.17. The largest absolute Gasteiger partial charge is 0.349 e. The molecule has 1 aromatic carbocycles. The zero-order valence-corrected chi connectivity index (χ0v) is 11.1. The third-order valence-electron chi connectivity index (χ3n) is 2.72. The van der Waals surface area contributed by atoms with Gasteiger partial charge in [-0.1, -0.05) is 13.8 Å². The molecule has 2 nitrogen and oxygen atoms in total. The fourth-order valence-electron chi connectivity index (χ4n) is 1.58. The lowest BCUT2D eigenvalue weighted by Gasteiger charge is -2.21. The van der Waals surface area contributed by atoms with Crippen LogP contribution in [0.25, 0.3) is 0 Å². The number of halogens is 3. The molecule has 0 aliphatic heterocycles. The van der Waals surface area contributed by atoms with Crippen molar-refractivity contribution in [3.8, 4) is 0 Å². The van der Waals surface area contributed by atoms with Gasteiger partial charge in [-0.15, -0.1) is 11.6 Å². The van der Waals surface area contributed by atoms with Gasteiger partial charge in [-0.3, -0.25) is 4.79 Å². The molecule has 5 heteroatoms. The summed E-state index contributed by atoms with van der Waals surface area (Å²) in [5.41, 5.74) is 0.106. The van der Waals surface area contributed by atoms with E-state index in [4.69, 9.17) is 11.6 Å². The van der Waals surface area contributed by atoms with Crippen LogP contribution in [0.2, 0.25) is 0 Å². The van der Waals surface area contributed by atoms with Crippen molar-refractivity contribution in [2.24, 2.45) is 5.92 Å². The molecule has 1 amide bonds. The third-order valence-corrected chi connectivity index (χ3v) is 2.94. The molecule has 0 aliphatic rings. The van der Waals surface area contributed by atoms with Crippen molar-refractivity contribution in [2.75, 3.05) is 5.88 Å². The molecule has 0 saturated carbocycles. The van der Waals surface area contributed by atoms with E-state index in [1.807, 2.05) is 13.8 Å². The second kappa shape index (κ2) is 6.69. The Bertz CT molecular complexity index is 423. The third kappa shape index (κ3) is 3.95. The molecule has 0 spiro atoms. The lowest BCUT2D eigenvalue weighted by atomic mass is 10.0. The summed E-state index contributed by atoms with van der Waals surface area (Å²) in [7, 11) is 0. The van der Waals surface area contributed by atoms with E-state index in [1.165, 1.54) is 6.07 Å². The van der Waals surface area contributed by atoms with Gasteiger partial charge in [0.1, 0.15) is 0 Å². The first kappa shape index (κ1) is 14.9. The average Bonchev–Trinajstić information content (AvgIpc) is 2.31. The molecular weight excluding hydrogens is 260 g/mol. The quantitative estimate of drug-likeness (QED) is 0.821. The molecule has 18 heavy (non-hydrogen) atoms. The van der Waals surface area contributed by atoms with Crippen molar-refractivity contribution in [1.82, 2.24) is 5.32 Å². The minimum atomic E-state index is -1.03. The molecule has 0 radical (unpaired) electrons. The van der Waals surface area contributed by atoms with Crippen LogP contribution in [0.15, 0.2) is 18.2 Å². The summed E-state index contributed by atoms with van der Waals surface area (Å²) in [6, 6.07) is 3.01. The molecule has 1 unspecified atom stereocenters. The standard InChI is InChI=1S/C13H16ClF2NO/c1-8(2)12(5-6-14)17-13(18)9-3-4-10(15)11(16)7-9/h3-4,7-8,12H,5-6H2,1-2H3,(H,17,18). The van der Waals surface area contributed by atoms with Gasteiger partial charge in [-0.05, 0) is 30.5 Å². The first-order chi connectivity index (χ1) is 8.45. The van der Waals surface area contributed by atoms with Gasteiger partial charge in [0, 0.05) is 17.5 Å². The maximum absolute atomic E-state index is 13.0. The number of hydrogen-bond acceptors (Lipinski definition) is 1. The lowest BCUT2D eigenvalue weighted by molar-refractivity contribution is 0.0924. The maximum atomic E-state index is 13.0. The monoisotopic (exact) mass is 275 g/mol. The summed E-state index contributed by atoms with van der Waals surface area (Å²) in [5.74, 6) is -1.76. The van der Waals surface area contributed by atoms with Crippen LogP contribution < -0.4 is 5.32 Å². The first-order valence-electron chi connectivity index (χ1n) is 5.77. The molecule has 100 valence electrons. The Labute approximate surface area is 110 Å². The van der Waals surface area contributed by atoms with Crippen molar-refractivity contribution in [3.05, 3.63) is 35.4 Å². The summed E-state index contributed by atoms with van der Waals surface area (Å²) in [6.45, 7) is 3.92. The number of nitrogens with one attached hydrogen (secondary N) is 1. The molecule has 1 rings (SSSR count). The predicted octanol–water partition coefficient (Wildman–Crippen LogP) is 3.35. The Morgan fingerprint density at radius 1 is 1.33 bits per heavy atom. The van der Waals surface area contributed by atoms with E-state index in [1.54, 1.807) is 0 Å². The second-order valence-corrected chi connectivity index (χ2v) is 4.81. The van der Waals surface area contributed by atoms with E-state index in [0.29, 0.717) is 12.3 Å². The summed E-state index contributed by atoms with van der Waals surface area (Å²) in [5, 5.41) is 2.77. The maximum Gasteiger partial charge on any atom is 0.251 e. The molecule has 0 aromatic heterocycles. The Hall–Kier alpha value is -1.16. The highest BCUT2D eigenvalue weighted by Crippen LogP contribution is 2.11. The van der Waals surface area contributed by atoms with Gasteiger partial charge in [0.15, 0.2) is 11.6 Å². The van der Waals surface area contributed by atoms with Gasteiger partial charge < -0.3 is 5.32 Å². The molecule has 0 aliphatic carbocycles. The van der Waals surface area contributed by atoms with Crippen molar-refractivity contribution in [3.63, 3.8) is 0 Å². The number of carbonyl (C=O) groups is 1. The number of alkyl halides is 1. The van der Waals surface area contributed by atoms with Crippen LogP contribution >= 0.6 is 11.6 Å². The molecule has 1 atom stereocenters. The zero-order valence-electron chi connectivity index (χ0n) is 10.3. The summed E-state index contributed by atoms with van der Waals surface area (Å²) >= 11 is 5.65. The van der Waals surface area contributed by atoms with E-state index in [2.05, 4.69) is 5.32 Å². The smallest absolute Gasteiger partial charge is 0.251 e. The SMILES string of the molecule is CC(C)C(CCCl)NC(=O)c1ccc(F)c(F)c1. The fourth-order valence-corrected chi connectivity index (χ4v) is 1.81. The molecule has 0 saturated heterocycles. The average molecular weight is 276 g/mol. The fraction of sp³-hybridized carbons (Fsp3) is 0.462. The van der Waals surface area contributed by atoms with Gasteiger partial charge in [-0.2, -0.15) is 0 Å². The Morgan fingerprint density at radius 2 is 2.00 bits per heavy atom. The van der Waals surface area contributed by atoms with Crippen LogP contribution in [0.5, 0.6) is 0 Å². The molecular formula is C13H16ClF2NO. The van der Waals surface area contributed by atoms with E-state index >= 15 is 0 Å². The van der Waals surface area contributed by atoms with Crippen LogP contribution in [0.1, 0.15) is 30.6 Å². The Morgan fingerprint density at radius 3 is 2.50 bits per heavy atom. The zero-order chi connectivity index (χ0) is 13.7. The van der Waals surface area contributed by atoms with Crippen LogP contribution in [0.3, 0.4) is 0 Å².